The molecule has 1 aliphatic rings. The lowest BCUT2D eigenvalue weighted by Gasteiger charge is -2.36. The predicted octanol–water partition coefficient (Wildman–Crippen LogP) is 2.93. The van der Waals surface area contributed by atoms with Gasteiger partial charge in [-0.1, -0.05) is 44.4 Å². The molecule has 196 valence electrons. The van der Waals surface area contributed by atoms with Crippen LogP contribution >= 0.6 is 0 Å². The Balaban J connectivity index is 2.51. The largest absolute Gasteiger partial charge is 0.468 e. The van der Waals surface area contributed by atoms with Gasteiger partial charge in [0, 0.05) is 11.6 Å². The van der Waals surface area contributed by atoms with Crippen LogP contribution in [0.4, 0.5) is 4.79 Å². The molecule has 0 radical (unpaired) electrons. The quantitative estimate of drug-likeness (QED) is 0.378. The molecule has 0 aromatic heterocycles. The van der Waals surface area contributed by atoms with Gasteiger partial charge in [0.05, 0.1) is 7.11 Å². The minimum absolute atomic E-state index is 0.218. The number of esters is 1. The smallest absolute Gasteiger partial charge is 0.408 e. The second-order valence-electron chi connectivity index (χ2n) is 9.91. The Hall–Kier alpha value is -3.54. The van der Waals surface area contributed by atoms with Crippen molar-refractivity contribution in [2.24, 2.45) is 5.92 Å². The molecule has 1 aromatic rings. The van der Waals surface area contributed by atoms with Crippen LogP contribution in [0.2, 0.25) is 0 Å². The van der Waals surface area contributed by atoms with Crippen LogP contribution in [-0.2, 0) is 23.9 Å². The highest BCUT2D eigenvalue weighted by atomic mass is 16.6. The van der Waals surface area contributed by atoms with Gasteiger partial charge in [-0.15, -0.1) is 6.42 Å². The van der Waals surface area contributed by atoms with Crippen LogP contribution in [0.5, 0.6) is 0 Å². The van der Waals surface area contributed by atoms with E-state index in [-0.39, 0.29) is 18.5 Å². The number of nitrogens with one attached hydrogen (secondary N) is 2. The highest BCUT2D eigenvalue weighted by Gasteiger charge is 2.45. The molecule has 9 heteroatoms. The average molecular weight is 500 g/mol. The first-order valence-corrected chi connectivity index (χ1v) is 12.1. The number of hydrogen-bond acceptors (Lipinski definition) is 6. The summed E-state index contributed by atoms with van der Waals surface area (Å²) in [5.74, 6) is 0.735. The van der Waals surface area contributed by atoms with Crippen LogP contribution in [0.1, 0.15) is 71.0 Å². The fourth-order valence-corrected chi connectivity index (χ4v) is 3.76. The lowest BCUT2D eigenvalue weighted by atomic mass is 9.94. The molecule has 0 heterocycles. The Morgan fingerprint density at radius 2 is 1.83 bits per heavy atom. The fraction of sp³-hybridized carbons (Fsp3) is 0.556. The maximum atomic E-state index is 14.1. The molecular weight excluding hydrogens is 462 g/mol. The van der Waals surface area contributed by atoms with Crippen molar-refractivity contribution in [1.82, 2.24) is 15.5 Å². The van der Waals surface area contributed by atoms with E-state index in [4.69, 9.17) is 11.2 Å². The third kappa shape index (κ3) is 7.74. The summed E-state index contributed by atoms with van der Waals surface area (Å²) >= 11 is 0. The van der Waals surface area contributed by atoms with Gasteiger partial charge in [-0.05, 0) is 51.2 Å². The second kappa shape index (κ2) is 12.4. The Bertz CT molecular complexity index is 1010. The van der Waals surface area contributed by atoms with Gasteiger partial charge >= 0.3 is 12.1 Å². The van der Waals surface area contributed by atoms with Gasteiger partial charge < -0.3 is 25.0 Å². The molecule has 0 spiro atoms. The molecular formula is C27H37N3O6. The summed E-state index contributed by atoms with van der Waals surface area (Å²) in [4.78, 5) is 53.4. The summed E-state index contributed by atoms with van der Waals surface area (Å²) in [5.41, 5.74) is 0.169. The molecule has 1 saturated carbocycles. The summed E-state index contributed by atoms with van der Waals surface area (Å²) in [7, 11) is 1.22. The van der Waals surface area contributed by atoms with E-state index in [2.05, 4.69) is 21.3 Å². The number of methoxy groups -OCH3 is 1. The summed E-state index contributed by atoms with van der Waals surface area (Å²) in [6, 6.07) is 4.61. The van der Waals surface area contributed by atoms with Crippen molar-refractivity contribution in [3.63, 3.8) is 0 Å². The topological polar surface area (TPSA) is 114 Å². The zero-order valence-electron chi connectivity index (χ0n) is 21.9. The van der Waals surface area contributed by atoms with Gasteiger partial charge in [-0.3, -0.25) is 14.4 Å². The molecule has 3 amide bonds. The molecule has 1 aromatic carbocycles. The summed E-state index contributed by atoms with van der Waals surface area (Å²) in [6.07, 6.45) is 7.01. The van der Waals surface area contributed by atoms with Crippen molar-refractivity contribution in [3.05, 3.63) is 35.4 Å². The lowest BCUT2D eigenvalue weighted by molar-refractivity contribution is -0.145. The van der Waals surface area contributed by atoms with Gasteiger partial charge in [-0.25, -0.2) is 4.79 Å². The van der Waals surface area contributed by atoms with E-state index in [9.17, 15) is 19.2 Å². The minimum Gasteiger partial charge on any atom is -0.468 e. The van der Waals surface area contributed by atoms with E-state index in [0.717, 1.165) is 0 Å². The van der Waals surface area contributed by atoms with Crippen molar-refractivity contribution in [3.8, 4) is 12.3 Å². The molecule has 3 unspecified atom stereocenters. The van der Waals surface area contributed by atoms with Crippen molar-refractivity contribution >= 4 is 23.9 Å². The third-order valence-corrected chi connectivity index (χ3v) is 5.92. The maximum Gasteiger partial charge on any atom is 0.408 e. The van der Waals surface area contributed by atoms with Crippen molar-refractivity contribution in [2.75, 3.05) is 13.7 Å². The fourth-order valence-electron chi connectivity index (χ4n) is 3.76. The van der Waals surface area contributed by atoms with E-state index >= 15 is 0 Å². The molecule has 2 rings (SSSR count). The molecule has 3 atom stereocenters. The highest BCUT2D eigenvalue weighted by molar-refractivity contribution is 5.94. The number of carbonyl (C=O) groups excluding carboxylic acids is 4. The molecule has 1 fully saturated rings. The normalized spacial score (nSPS) is 15.5. The first-order valence-electron chi connectivity index (χ1n) is 12.1. The van der Waals surface area contributed by atoms with Crippen LogP contribution < -0.4 is 10.6 Å². The number of rotatable bonds is 10. The molecule has 0 aliphatic heterocycles. The number of carbonyl (C=O) groups is 4. The zero-order chi connectivity index (χ0) is 27.0. The number of alkyl carbamates (subject to hydrolysis) is 1. The predicted molar refractivity (Wildman–Crippen MR) is 135 cm³/mol. The average Bonchev–Trinajstić information content (AvgIpc) is 3.67. The monoisotopic (exact) mass is 499 g/mol. The van der Waals surface area contributed by atoms with Crippen molar-refractivity contribution in [2.45, 2.75) is 77.6 Å². The Morgan fingerprint density at radius 3 is 2.36 bits per heavy atom. The molecule has 0 bridgehead atoms. The van der Waals surface area contributed by atoms with Gasteiger partial charge in [0.2, 0.25) is 11.8 Å². The zero-order valence-corrected chi connectivity index (χ0v) is 21.9. The summed E-state index contributed by atoms with van der Waals surface area (Å²) in [6.45, 7) is 8.62. The third-order valence-electron chi connectivity index (χ3n) is 5.92. The first kappa shape index (κ1) is 28.7. The van der Waals surface area contributed by atoms with E-state index < -0.39 is 41.6 Å². The number of nitrogens with zero attached hydrogens (tertiary/aromatic N) is 1. The number of hydrogen-bond donors (Lipinski definition) is 2. The number of benzene rings is 1. The maximum absolute atomic E-state index is 14.1. The van der Waals surface area contributed by atoms with E-state index in [1.165, 1.54) is 12.0 Å². The van der Waals surface area contributed by atoms with Crippen LogP contribution in [0.25, 0.3) is 0 Å². The summed E-state index contributed by atoms with van der Waals surface area (Å²) in [5, 5.41) is 5.29. The Morgan fingerprint density at radius 1 is 1.19 bits per heavy atom. The molecule has 0 saturated heterocycles. The second-order valence-corrected chi connectivity index (χ2v) is 9.91. The van der Waals surface area contributed by atoms with Gasteiger partial charge in [-0.2, -0.15) is 0 Å². The Kier molecular flexibility index (Phi) is 9.91. The molecule has 1 aliphatic carbocycles. The van der Waals surface area contributed by atoms with E-state index in [1.807, 2.05) is 13.8 Å². The van der Waals surface area contributed by atoms with Crippen molar-refractivity contribution in [1.29, 1.82) is 0 Å². The number of terminal acetylenes is 1. The van der Waals surface area contributed by atoms with Crippen LogP contribution in [0, 0.1) is 18.3 Å². The van der Waals surface area contributed by atoms with Crippen molar-refractivity contribution < 1.29 is 28.7 Å². The van der Waals surface area contributed by atoms with E-state index in [0.29, 0.717) is 30.4 Å². The molecule has 9 nitrogen and oxygen atoms in total. The number of ether oxygens (including phenoxy) is 2. The standard InChI is InChI=1S/C27H37N3O6/c1-8-17(3)22(29-26(34)36-27(4,5)6)25(33)30(19-14-15-19)23(24(32)28-16-21(31)35-7)20-13-11-10-12-18(20)9-2/h2,10-13,17,19,22-23H,8,14-16H2,1,3-7H3,(H,28,32)(H,29,34). The Labute approximate surface area is 213 Å². The minimum atomic E-state index is -1.10. The highest BCUT2D eigenvalue weighted by Crippen LogP contribution is 2.37. The van der Waals surface area contributed by atoms with Crippen LogP contribution in [-0.4, -0.2) is 60.1 Å². The molecule has 36 heavy (non-hydrogen) atoms. The molecule has 2 N–H and O–H groups in total. The summed E-state index contributed by atoms with van der Waals surface area (Å²) < 4.78 is 10.0. The van der Waals surface area contributed by atoms with Gasteiger partial charge in [0.15, 0.2) is 0 Å². The first-order chi connectivity index (χ1) is 16.9. The SMILES string of the molecule is C#Cc1ccccc1C(C(=O)NCC(=O)OC)N(C(=O)C(NC(=O)OC(C)(C)C)C(C)CC)C1CC1. The lowest BCUT2D eigenvalue weighted by Crippen LogP contribution is -2.56. The van der Waals surface area contributed by atoms with Gasteiger partial charge in [0.25, 0.3) is 0 Å². The number of amides is 3. The van der Waals surface area contributed by atoms with Gasteiger partial charge in [0.1, 0.15) is 24.2 Å². The van der Waals surface area contributed by atoms with Crippen LogP contribution in [0.15, 0.2) is 24.3 Å². The van der Waals surface area contributed by atoms with Crippen LogP contribution in [0.3, 0.4) is 0 Å². The van der Waals surface area contributed by atoms with E-state index in [1.54, 1.807) is 45.0 Å².